The van der Waals surface area contributed by atoms with Crippen LogP contribution in [0.5, 0.6) is 0 Å². The van der Waals surface area contributed by atoms with Gasteiger partial charge in [0.05, 0.1) is 5.56 Å². The van der Waals surface area contributed by atoms with Gasteiger partial charge in [0, 0.05) is 31.6 Å². The van der Waals surface area contributed by atoms with Crippen LogP contribution >= 0.6 is 0 Å². The van der Waals surface area contributed by atoms with E-state index in [9.17, 15) is 41.0 Å². The summed E-state index contributed by atoms with van der Waals surface area (Å²) in [6, 6.07) is 2.96. The first-order valence-electron chi connectivity index (χ1n) is 7.82. The van der Waals surface area contributed by atoms with Gasteiger partial charge in [-0.25, -0.2) is 0 Å². The number of carbonyl (C=O) groups excluding carboxylic acids is 2. The highest BCUT2D eigenvalue weighted by molar-refractivity contribution is 6.39. The lowest BCUT2D eigenvalue weighted by Crippen LogP contribution is -2.55. The van der Waals surface area contributed by atoms with Crippen molar-refractivity contribution in [3.63, 3.8) is 0 Å². The largest absolute Gasteiger partial charge is 0.417 e. The first kappa shape index (κ1) is 21.0. The fourth-order valence-corrected chi connectivity index (χ4v) is 2.70. The predicted molar refractivity (Wildman–Crippen MR) is 81.6 cm³/mol. The number of piperidine rings is 1. The molecule has 1 aliphatic rings. The van der Waals surface area contributed by atoms with Gasteiger partial charge in [0.25, 0.3) is 0 Å². The number of carbonyl (C=O) groups is 2. The number of hydrogen-bond donors (Lipinski definition) is 2. The van der Waals surface area contributed by atoms with Crippen LogP contribution in [0.3, 0.4) is 0 Å². The second-order valence-electron chi connectivity index (χ2n) is 6.30. The minimum Gasteiger partial charge on any atom is -0.380 e. The van der Waals surface area contributed by atoms with Crippen molar-refractivity contribution in [1.29, 1.82) is 0 Å². The lowest BCUT2D eigenvalue weighted by molar-refractivity contribution is -0.271. The minimum atomic E-state index is -4.86. The predicted octanol–water partition coefficient (Wildman–Crippen LogP) is 2.87. The second-order valence-corrected chi connectivity index (χ2v) is 6.30. The molecule has 1 heterocycles. The molecule has 150 valence electrons. The van der Waals surface area contributed by atoms with Gasteiger partial charge < -0.3 is 15.3 Å². The van der Waals surface area contributed by atoms with E-state index in [0.717, 1.165) is 11.0 Å². The van der Waals surface area contributed by atoms with Gasteiger partial charge in [-0.2, -0.15) is 26.3 Å². The number of likely N-dealkylation sites (tertiary alicyclic amines) is 1. The molecular weight excluding hydrogens is 382 g/mol. The molecule has 0 radical (unpaired) electrons. The van der Waals surface area contributed by atoms with Gasteiger partial charge in [0.2, 0.25) is 0 Å². The standard InChI is InChI=1S/C16H16F6N2O3/c1-9-2-3-10(8-11(9)15(17,18)19)23-12(25)13(26)24-6-4-14(27,5-7-24)16(20,21)22/h2-3,8,27H,4-7H2,1H3,(H,23,25). The molecule has 1 aromatic rings. The smallest absolute Gasteiger partial charge is 0.380 e. The molecule has 5 nitrogen and oxygen atoms in total. The van der Waals surface area contributed by atoms with E-state index < -0.39 is 61.3 Å². The van der Waals surface area contributed by atoms with Crippen LogP contribution < -0.4 is 5.32 Å². The number of benzene rings is 1. The zero-order valence-corrected chi connectivity index (χ0v) is 14.0. The highest BCUT2D eigenvalue weighted by atomic mass is 19.4. The normalized spacial score (nSPS) is 17.6. The highest BCUT2D eigenvalue weighted by Crippen LogP contribution is 2.38. The van der Waals surface area contributed by atoms with Gasteiger partial charge in [0.1, 0.15) is 0 Å². The summed E-state index contributed by atoms with van der Waals surface area (Å²) >= 11 is 0. The molecule has 0 unspecified atom stereocenters. The third-order valence-corrected chi connectivity index (χ3v) is 4.40. The van der Waals surface area contributed by atoms with E-state index in [1.807, 2.05) is 5.32 Å². The molecule has 0 spiro atoms. The number of halogens is 6. The highest BCUT2D eigenvalue weighted by Gasteiger charge is 2.55. The summed E-state index contributed by atoms with van der Waals surface area (Å²) < 4.78 is 76.9. The van der Waals surface area contributed by atoms with Crippen LogP contribution in [0.1, 0.15) is 24.0 Å². The Morgan fingerprint density at radius 3 is 2.15 bits per heavy atom. The Kier molecular flexibility index (Phi) is 5.46. The molecule has 1 aromatic carbocycles. The third kappa shape index (κ3) is 4.52. The van der Waals surface area contributed by atoms with Crippen molar-refractivity contribution in [1.82, 2.24) is 4.90 Å². The van der Waals surface area contributed by atoms with Crippen LogP contribution in [0.25, 0.3) is 0 Å². The molecule has 2 rings (SSSR count). The molecule has 1 fully saturated rings. The Hall–Kier alpha value is -2.30. The summed E-state index contributed by atoms with van der Waals surface area (Å²) in [5.74, 6) is -2.46. The number of anilines is 1. The lowest BCUT2D eigenvalue weighted by atomic mass is 9.91. The van der Waals surface area contributed by atoms with Crippen LogP contribution in [0.2, 0.25) is 0 Å². The van der Waals surface area contributed by atoms with E-state index >= 15 is 0 Å². The number of hydrogen-bond acceptors (Lipinski definition) is 3. The van der Waals surface area contributed by atoms with Crippen molar-refractivity contribution in [3.05, 3.63) is 29.3 Å². The van der Waals surface area contributed by atoms with E-state index in [4.69, 9.17) is 0 Å². The average Bonchev–Trinajstić information content (AvgIpc) is 2.54. The average molecular weight is 398 g/mol. The Morgan fingerprint density at radius 2 is 1.67 bits per heavy atom. The molecule has 2 amide bonds. The number of alkyl halides is 6. The lowest BCUT2D eigenvalue weighted by Gasteiger charge is -2.38. The van der Waals surface area contributed by atoms with E-state index in [-0.39, 0.29) is 11.3 Å². The van der Waals surface area contributed by atoms with Crippen LogP contribution in [-0.2, 0) is 15.8 Å². The van der Waals surface area contributed by atoms with E-state index in [0.29, 0.717) is 6.07 Å². The monoisotopic (exact) mass is 398 g/mol. The van der Waals surface area contributed by atoms with Gasteiger partial charge in [-0.15, -0.1) is 0 Å². The number of rotatable bonds is 1. The topological polar surface area (TPSA) is 69.6 Å². The minimum absolute atomic E-state index is 0.0747. The summed E-state index contributed by atoms with van der Waals surface area (Å²) in [6.45, 7) is 0.211. The van der Waals surface area contributed by atoms with Gasteiger partial charge in [-0.05, 0) is 24.6 Å². The van der Waals surface area contributed by atoms with Crippen molar-refractivity contribution in [3.8, 4) is 0 Å². The van der Waals surface area contributed by atoms with Crippen molar-refractivity contribution < 1.29 is 41.0 Å². The fraction of sp³-hybridized carbons (Fsp3) is 0.500. The number of amides is 2. The van der Waals surface area contributed by atoms with Gasteiger partial charge in [-0.1, -0.05) is 6.07 Å². The quantitative estimate of drug-likeness (QED) is 0.565. The molecule has 0 aromatic heterocycles. The summed E-state index contributed by atoms with van der Waals surface area (Å²) in [6.07, 6.45) is -11.1. The van der Waals surface area contributed by atoms with Crippen molar-refractivity contribution in [2.45, 2.75) is 37.7 Å². The number of aryl methyl sites for hydroxylation is 1. The summed E-state index contributed by atoms with van der Waals surface area (Å²) in [7, 11) is 0. The summed E-state index contributed by atoms with van der Waals surface area (Å²) in [5, 5.41) is 11.6. The summed E-state index contributed by atoms with van der Waals surface area (Å²) in [5.41, 5.74) is -4.26. The maximum Gasteiger partial charge on any atom is 0.417 e. The van der Waals surface area contributed by atoms with Gasteiger partial charge in [0.15, 0.2) is 5.60 Å². The molecular formula is C16H16F6N2O3. The molecule has 0 saturated carbocycles. The van der Waals surface area contributed by atoms with Crippen LogP contribution in [0.15, 0.2) is 18.2 Å². The van der Waals surface area contributed by atoms with Crippen molar-refractivity contribution in [2.75, 3.05) is 18.4 Å². The van der Waals surface area contributed by atoms with Gasteiger partial charge >= 0.3 is 24.2 Å². The first-order valence-corrected chi connectivity index (χ1v) is 7.82. The van der Waals surface area contributed by atoms with E-state index in [1.54, 1.807) is 0 Å². The second kappa shape index (κ2) is 7.02. The Morgan fingerprint density at radius 1 is 1.11 bits per heavy atom. The Balaban J connectivity index is 2.04. The molecule has 1 aliphatic heterocycles. The van der Waals surface area contributed by atoms with Gasteiger partial charge in [-0.3, -0.25) is 9.59 Å². The van der Waals surface area contributed by atoms with Crippen molar-refractivity contribution >= 4 is 17.5 Å². The number of nitrogens with one attached hydrogen (secondary N) is 1. The number of aliphatic hydroxyl groups is 1. The summed E-state index contributed by atoms with van der Waals surface area (Å²) in [4.78, 5) is 24.8. The van der Waals surface area contributed by atoms with E-state index in [1.165, 1.54) is 13.0 Å². The molecule has 1 saturated heterocycles. The Bertz CT molecular complexity index is 737. The SMILES string of the molecule is Cc1ccc(NC(=O)C(=O)N2CCC(O)(C(F)(F)F)CC2)cc1C(F)(F)F. The maximum atomic E-state index is 12.9. The van der Waals surface area contributed by atoms with Crippen LogP contribution in [0.4, 0.5) is 32.0 Å². The third-order valence-electron chi connectivity index (χ3n) is 4.40. The molecule has 11 heteroatoms. The molecule has 27 heavy (non-hydrogen) atoms. The first-order chi connectivity index (χ1) is 12.2. The van der Waals surface area contributed by atoms with Crippen molar-refractivity contribution in [2.24, 2.45) is 0 Å². The molecule has 0 bridgehead atoms. The molecule has 2 N–H and O–H groups in total. The molecule has 0 atom stereocenters. The zero-order chi connectivity index (χ0) is 20.6. The number of nitrogens with zero attached hydrogens (tertiary/aromatic N) is 1. The van der Waals surface area contributed by atoms with Crippen LogP contribution in [-0.4, -0.2) is 46.7 Å². The molecule has 0 aliphatic carbocycles. The maximum absolute atomic E-state index is 12.9. The van der Waals surface area contributed by atoms with E-state index in [2.05, 4.69) is 0 Å². The fourth-order valence-electron chi connectivity index (χ4n) is 2.70. The zero-order valence-electron chi connectivity index (χ0n) is 14.0. The van der Waals surface area contributed by atoms with Crippen LogP contribution in [0, 0.1) is 6.92 Å². The Labute approximate surface area is 149 Å².